The van der Waals surface area contributed by atoms with Crippen LogP contribution < -0.4 is 0 Å². The van der Waals surface area contributed by atoms with E-state index in [1.807, 2.05) is 0 Å². The first-order chi connectivity index (χ1) is 25.8. The smallest absolute Gasteiger partial charge is 0.0556 e. The van der Waals surface area contributed by atoms with Gasteiger partial charge >= 0.3 is 0 Å². The lowest BCUT2D eigenvalue weighted by Crippen LogP contribution is -2.39. The van der Waals surface area contributed by atoms with Crippen LogP contribution in [0.15, 0.2) is 150 Å². The van der Waals surface area contributed by atoms with Crippen LogP contribution in [-0.2, 0) is 6.42 Å². The van der Waals surface area contributed by atoms with Gasteiger partial charge in [-0.2, -0.15) is 0 Å². The maximum Gasteiger partial charge on any atom is 0.0556 e. The molecule has 0 amide bonds. The molecular weight excluding hydrogens is 629 g/mol. The molecule has 0 saturated carbocycles. The largest absolute Gasteiger partial charge is 0.361 e. The van der Waals surface area contributed by atoms with Gasteiger partial charge < -0.3 is 9.47 Å². The molecule has 2 aromatic carbocycles. The maximum absolute atomic E-state index is 2.90. The normalized spacial score (nSPS) is 30.9. The van der Waals surface area contributed by atoms with Crippen molar-refractivity contribution in [3.8, 4) is 5.69 Å². The molecule has 7 atom stereocenters. The Morgan fingerprint density at radius 1 is 0.654 bits per heavy atom. The summed E-state index contributed by atoms with van der Waals surface area (Å²) in [7, 11) is 0. The van der Waals surface area contributed by atoms with Gasteiger partial charge in [-0.1, -0.05) is 109 Å². The van der Waals surface area contributed by atoms with E-state index in [9.17, 15) is 0 Å². The van der Waals surface area contributed by atoms with Gasteiger partial charge in [-0.25, -0.2) is 0 Å². The molecule has 1 fully saturated rings. The average Bonchev–Trinajstić information content (AvgIpc) is 3.73. The van der Waals surface area contributed by atoms with E-state index in [2.05, 4.69) is 149 Å². The molecule has 0 N–H and O–H groups in total. The minimum atomic E-state index is 0.356. The van der Waals surface area contributed by atoms with Gasteiger partial charge in [-0.3, -0.25) is 0 Å². The standard InChI is InChI=1S/C50H48N2/c1-2-11-33(12-3-1)38-24-28-44-48(32-38)51(39-25-22-36(23-26-39)42-19-10-16-35-14-6-7-17-41(35)42)46-29-30-47-49(50(44)46)43-18-8-9-20-45(43)52(47)40-27-21-34-13-4-5-15-37(34)31-40/h1-6,9,11,13-15,19-22,24-31,33,36,38,44,46,48,50H,7-8,10,12,16-18,23,32H2/t33-,36?,38?,44?,46?,48?,50?/m0/s1. The van der Waals surface area contributed by atoms with Crippen LogP contribution in [0.25, 0.3) is 28.6 Å². The quantitative estimate of drug-likeness (QED) is 0.250. The highest BCUT2D eigenvalue weighted by Crippen LogP contribution is 2.56. The van der Waals surface area contributed by atoms with E-state index in [4.69, 9.17) is 0 Å². The third kappa shape index (κ3) is 4.83. The maximum atomic E-state index is 2.90. The average molecular weight is 677 g/mol. The van der Waals surface area contributed by atoms with Crippen molar-refractivity contribution in [1.29, 1.82) is 0 Å². The molecule has 0 spiro atoms. The van der Waals surface area contributed by atoms with E-state index < -0.39 is 0 Å². The zero-order chi connectivity index (χ0) is 34.2. The van der Waals surface area contributed by atoms with Crippen LogP contribution in [0, 0.1) is 23.7 Å². The molecule has 0 radical (unpaired) electrons. The summed E-state index contributed by atoms with van der Waals surface area (Å²) >= 11 is 0. The number of fused-ring (bicyclic) bond motifs is 8. The minimum Gasteiger partial charge on any atom is -0.361 e. The first kappa shape index (κ1) is 30.8. The second kappa shape index (κ2) is 12.4. The van der Waals surface area contributed by atoms with Crippen LogP contribution in [0.2, 0.25) is 0 Å². The monoisotopic (exact) mass is 676 g/mol. The number of allylic oxidation sites excluding steroid dienone is 15. The molecular formula is C50H48N2. The molecule has 1 aromatic heterocycles. The molecule has 6 unspecified atom stereocenters. The van der Waals surface area contributed by atoms with E-state index in [1.54, 1.807) is 27.8 Å². The summed E-state index contributed by atoms with van der Waals surface area (Å²) in [5, 5.41) is 2.61. The van der Waals surface area contributed by atoms with E-state index >= 15 is 0 Å². The number of likely N-dealkylation sites (tertiary alicyclic amines) is 1. The third-order valence-corrected chi connectivity index (χ3v) is 13.7. The molecule has 1 saturated heterocycles. The fraction of sp³-hybridized carbons (Fsp3) is 0.320. The summed E-state index contributed by atoms with van der Waals surface area (Å²) in [4.78, 5) is 2.90. The van der Waals surface area contributed by atoms with Crippen LogP contribution in [0.3, 0.4) is 0 Å². The van der Waals surface area contributed by atoms with Crippen molar-refractivity contribution < 1.29 is 0 Å². The van der Waals surface area contributed by atoms with Crippen molar-refractivity contribution >= 4 is 22.9 Å². The highest BCUT2D eigenvalue weighted by atomic mass is 15.2. The van der Waals surface area contributed by atoms with Crippen LogP contribution in [0.5, 0.6) is 0 Å². The van der Waals surface area contributed by atoms with E-state index in [-0.39, 0.29) is 0 Å². The summed E-state index contributed by atoms with van der Waals surface area (Å²) in [5.74, 6) is 2.60. The van der Waals surface area contributed by atoms with E-state index in [0.29, 0.717) is 41.7 Å². The minimum absolute atomic E-state index is 0.356. The van der Waals surface area contributed by atoms with Gasteiger partial charge in [0.1, 0.15) is 0 Å². The fourth-order valence-corrected chi connectivity index (χ4v) is 11.4. The van der Waals surface area contributed by atoms with Gasteiger partial charge in [-0.05, 0) is 139 Å². The molecule has 2 heteroatoms. The Hall–Kier alpha value is -4.82. The lowest BCUT2D eigenvalue weighted by molar-refractivity contribution is 0.219. The molecule has 2 heterocycles. The summed E-state index contributed by atoms with van der Waals surface area (Å²) in [6.45, 7) is 0. The first-order valence-corrected chi connectivity index (χ1v) is 20.2. The zero-order valence-electron chi connectivity index (χ0n) is 30.1. The van der Waals surface area contributed by atoms with Gasteiger partial charge in [0, 0.05) is 46.6 Å². The summed E-state index contributed by atoms with van der Waals surface area (Å²) in [6.07, 6.45) is 50.2. The number of rotatable bonds is 4. The van der Waals surface area contributed by atoms with Crippen molar-refractivity contribution in [2.45, 2.75) is 75.8 Å². The predicted octanol–water partition coefficient (Wildman–Crippen LogP) is 11.9. The van der Waals surface area contributed by atoms with Gasteiger partial charge in [0.15, 0.2) is 0 Å². The fourth-order valence-electron chi connectivity index (χ4n) is 11.4. The molecule has 8 aliphatic rings. The van der Waals surface area contributed by atoms with Crippen molar-refractivity contribution in [3.63, 3.8) is 0 Å². The Kier molecular flexibility index (Phi) is 7.34. The highest BCUT2D eigenvalue weighted by Gasteiger charge is 2.53. The van der Waals surface area contributed by atoms with Crippen molar-refractivity contribution in [2.75, 3.05) is 0 Å². The third-order valence-electron chi connectivity index (χ3n) is 13.7. The Bertz CT molecular complexity index is 2290. The Morgan fingerprint density at radius 2 is 1.58 bits per heavy atom. The van der Waals surface area contributed by atoms with Crippen LogP contribution in [0.1, 0.15) is 79.8 Å². The number of nitrogens with zero attached hydrogens (tertiary/aromatic N) is 2. The van der Waals surface area contributed by atoms with Gasteiger partial charge in [0.25, 0.3) is 0 Å². The molecule has 7 aliphatic carbocycles. The van der Waals surface area contributed by atoms with E-state index in [0.717, 1.165) is 25.7 Å². The van der Waals surface area contributed by atoms with Crippen LogP contribution in [0.4, 0.5) is 0 Å². The second-order valence-electron chi connectivity index (χ2n) is 16.4. The number of benzene rings is 2. The summed E-state index contributed by atoms with van der Waals surface area (Å²) < 4.78 is 2.59. The number of hydrogen-bond donors (Lipinski definition) is 0. The molecule has 0 bridgehead atoms. The molecule has 2 nitrogen and oxygen atoms in total. The second-order valence-corrected chi connectivity index (χ2v) is 16.4. The van der Waals surface area contributed by atoms with E-state index in [1.165, 1.54) is 65.6 Å². The van der Waals surface area contributed by atoms with Crippen molar-refractivity contribution in [3.05, 3.63) is 172 Å². The Balaban J connectivity index is 1.00. The zero-order valence-corrected chi connectivity index (χ0v) is 30.1. The van der Waals surface area contributed by atoms with Crippen LogP contribution in [-0.4, -0.2) is 21.6 Å². The lowest BCUT2D eigenvalue weighted by Gasteiger charge is -2.39. The number of aromatic nitrogens is 1. The van der Waals surface area contributed by atoms with Gasteiger partial charge in [0.05, 0.1) is 6.04 Å². The Morgan fingerprint density at radius 3 is 2.48 bits per heavy atom. The van der Waals surface area contributed by atoms with Crippen molar-refractivity contribution in [2.24, 2.45) is 23.7 Å². The summed E-state index contributed by atoms with van der Waals surface area (Å²) in [5.41, 5.74) is 13.6. The first-order valence-electron chi connectivity index (χ1n) is 20.2. The highest BCUT2D eigenvalue weighted by molar-refractivity contribution is 5.85. The molecule has 1 aliphatic heterocycles. The molecule has 11 rings (SSSR count). The SMILES string of the molecule is C1=CC[C@@H](C2C=CC3C4c5c6c(n(-c7ccc8ccccc8c7)c5C=CC4N(C4=CCC(C5=CCCC7=C5CCC=C7)C=C4)C3C2)C=CCC6)C=C1. The number of hydrogen-bond acceptors (Lipinski definition) is 1. The Labute approximate surface area is 309 Å². The van der Waals surface area contributed by atoms with Crippen LogP contribution >= 0.6 is 0 Å². The molecule has 258 valence electrons. The topological polar surface area (TPSA) is 8.17 Å². The summed E-state index contributed by atoms with van der Waals surface area (Å²) in [6, 6.07) is 16.7. The van der Waals surface area contributed by atoms with Gasteiger partial charge in [-0.15, -0.1) is 0 Å². The molecule has 3 aromatic rings. The predicted molar refractivity (Wildman–Crippen MR) is 217 cm³/mol. The van der Waals surface area contributed by atoms with Crippen molar-refractivity contribution in [1.82, 2.24) is 9.47 Å². The van der Waals surface area contributed by atoms with Gasteiger partial charge in [0.2, 0.25) is 0 Å². The molecule has 52 heavy (non-hydrogen) atoms. The lowest BCUT2D eigenvalue weighted by atomic mass is 9.70.